The quantitative estimate of drug-likeness (QED) is 0.366. The summed E-state index contributed by atoms with van der Waals surface area (Å²) in [5.41, 5.74) is -0.316. The Hall–Kier alpha value is -0.0631. The van der Waals surface area contributed by atoms with Crippen LogP contribution in [0.5, 0.6) is 0 Å². The maximum atomic E-state index is 6.18. The summed E-state index contributed by atoms with van der Waals surface area (Å²) in [7, 11) is 1.83. The minimum Gasteiger partial charge on any atom is -0.375 e. The lowest BCUT2D eigenvalue weighted by atomic mass is 10.3. The molecule has 7 nitrogen and oxygen atoms in total. The van der Waals surface area contributed by atoms with E-state index in [1.807, 2.05) is 20.8 Å². The standard InChI is InChI=1S/C16H34O7Si/c1-8-12-15(24(17-5,18-6)19-7)20-13(9-2)21-16(11-4)22-14(10-3)23-16/h13-15H,8-12H2,1-7H3. The van der Waals surface area contributed by atoms with Crippen LogP contribution < -0.4 is 0 Å². The third-order valence-corrected chi connectivity index (χ3v) is 7.07. The Morgan fingerprint density at radius 2 is 1.58 bits per heavy atom. The largest absolute Gasteiger partial charge is 0.530 e. The molecular weight excluding hydrogens is 332 g/mol. The molecule has 8 heteroatoms. The normalized spacial score (nSPS) is 26.9. The van der Waals surface area contributed by atoms with Gasteiger partial charge in [0.15, 0.2) is 12.6 Å². The Labute approximate surface area is 147 Å². The molecule has 1 saturated heterocycles. The minimum atomic E-state index is -2.93. The van der Waals surface area contributed by atoms with Crippen molar-refractivity contribution < 1.29 is 32.2 Å². The third kappa shape index (κ3) is 4.98. The smallest absolute Gasteiger partial charge is 0.375 e. The average Bonchev–Trinajstić information content (AvgIpc) is 2.58. The molecule has 0 saturated carbocycles. The number of ether oxygens (including phenoxy) is 4. The highest BCUT2D eigenvalue weighted by molar-refractivity contribution is 6.62. The lowest BCUT2D eigenvalue weighted by Gasteiger charge is -2.47. The van der Waals surface area contributed by atoms with Gasteiger partial charge in [-0.1, -0.05) is 34.1 Å². The molecule has 0 bridgehead atoms. The number of hydrogen-bond donors (Lipinski definition) is 0. The van der Waals surface area contributed by atoms with Crippen molar-refractivity contribution in [3.8, 4) is 0 Å². The zero-order valence-corrected chi connectivity index (χ0v) is 17.1. The van der Waals surface area contributed by atoms with E-state index < -0.39 is 21.1 Å². The molecule has 1 heterocycles. The predicted molar refractivity (Wildman–Crippen MR) is 91.0 cm³/mol. The SMILES string of the molecule is CCCC(OC(CC)OC1(CC)OC(CC)O1)[Si](OC)(OC)OC. The van der Waals surface area contributed by atoms with Gasteiger partial charge in [0.2, 0.25) is 0 Å². The summed E-state index contributed by atoms with van der Waals surface area (Å²) >= 11 is 0. The summed E-state index contributed by atoms with van der Waals surface area (Å²) < 4.78 is 40.4. The van der Waals surface area contributed by atoms with Gasteiger partial charge in [-0.15, -0.1) is 0 Å². The van der Waals surface area contributed by atoms with Crippen LogP contribution in [0.4, 0.5) is 0 Å². The van der Waals surface area contributed by atoms with Crippen molar-refractivity contribution in [3.63, 3.8) is 0 Å². The van der Waals surface area contributed by atoms with E-state index in [9.17, 15) is 0 Å². The minimum absolute atomic E-state index is 0.209. The molecule has 0 amide bonds. The highest BCUT2D eigenvalue weighted by Gasteiger charge is 2.52. The van der Waals surface area contributed by atoms with Crippen molar-refractivity contribution in [1.29, 1.82) is 0 Å². The number of hydrogen-bond acceptors (Lipinski definition) is 7. The van der Waals surface area contributed by atoms with Gasteiger partial charge in [-0.2, -0.15) is 0 Å². The molecule has 0 radical (unpaired) electrons. The Kier molecular flexibility index (Phi) is 9.32. The van der Waals surface area contributed by atoms with Crippen molar-refractivity contribution in [2.24, 2.45) is 0 Å². The van der Waals surface area contributed by atoms with Crippen LogP contribution in [0.3, 0.4) is 0 Å². The van der Waals surface area contributed by atoms with Crippen molar-refractivity contribution in [2.45, 2.75) is 84.1 Å². The molecular formula is C16H34O7Si. The van der Waals surface area contributed by atoms with Crippen LogP contribution in [0.2, 0.25) is 0 Å². The van der Waals surface area contributed by atoms with E-state index in [1.54, 1.807) is 21.3 Å². The van der Waals surface area contributed by atoms with Gasteiger partial charge in [0.25, 0.3) is 5.97 Å². The van der Waals surface area contributed by atoms with Gasteiger partial charge in [0.1, 0.15) is 5.73 Å². The summed E-state index contributed by atoms with van der Waals surface area (Å²) in [6, 6.07) is 0. The summed E-state index contributed by atoms with van der Waals surface area (Å²) in [6.07, 6.45) is 2.98. The maximum absolute atomic E-state index is 6.18. The van der Waals surface area contributed by atoms with Crippen molar-refractivity contribution in [1.82, 2.24) is 0 Å². The second-order valence-electron chi connectivity index (χ2n) is 5.70. The molecule has 0 aromatic rings. The summed E-state index contributed by atoms with van der Waals surface area (Å²) in [6.45, 7) is 8.03. The summed E-state index contributed by atoms with van der Waals surface area (Å²) in [5.74, 6) is -1.02. The van der Waals surface area contributed by atoms with Crippen molar-refractivity contribution >= 4 is 8.80 Å². The van der Waals surface area contributed by atoms with E-state index in [0.29, 0.717) is 12.8 Å². The fourth-order valence-electron chi connectivity index (χ4n) is 2.71. The zero-order chi connectivity index (χ0) is 18.2. The fraction of sp³-hybridized carbons (Fsp3) is 1.00. The first kappa shape index (κ1) is 22.0. The van der Waals surface area contributed by atoms with Crippen LogP contribution in [0, 0.1) is 0 Å². The third-order valence-electron chi connectivity index (χ3n) is 4.15. The Balaban J connectivity index is 2.78. The van der Waals surface area contributed by atoms with Gasteiger partial charge < -0.3 is 18.0 Å². The van der Waals surface area contributed by atoms with Crippen LogP contribution in [-0.2, 0) is 32.2 Å². The molecule has 1 rings (SSSR count). The lowest BCUT2D eigenvalue weighted by Crippen LogP contribution is -2.59. The molecule has 0 aromatic carbocycles. The molecule has 1 fully saturated rings. The van der Waals surface area contributed by atoms with Crippen LogP contribution in [0.1, 0.15) is 59.8 Å². The topological polar surface area (TPSA) is 64.6 Å². The van der Waals surface area contributed by atoms with Crippen molar-refractivity contribution in [2.75, 3.05) is 21.3 Å². The fourth-order valence-corrected chi connectivity index (χ4v) is 4.96. The van der Waals surface area contributed by atoms with E-state index in [0.717, 1.165) is 19.3 Å². The van der Waals surface area contributed by atoms with Gasteiger partial charge in [-0.05, 0) is 19.3 Å². The molecule has 24 heavy (non-hydrogen) atoms. The van der Waals surface area contributed by atoms with Crippen LogP contribution in [-0.4, -0.2) is 54.4 Å². The van der Waals surface area contributed by atoms with E-state index in [1.165, 1.54) is 0 Å². The molecule has 1 aliphatic rings. The molecule has 2 unspecified atom stereocenters. The van der Waals surface area contributed by atoms with Crippen LogP contribution in [0.25, 0.3) is 0 Å². The molecule has 0 aliphatic carbocycles. The molecule has 0 aromatic heterocycles. The molecule has 2 atom stereocenters. The highest BCUT2D eigenvalue weighted by atomic mass is 28.4. The molecule has 0 N–H and O–H groups in total. The van der Waals surface area contributed by atoms with Gasteiger partial charge in [0, 0.05) is 27.8 Å². The second kappa shape index (κ2) is 10.2. The number of rotatable bonds is 13. The van der Waals surface area contributed by atoms with Gasteiger partial charge in [0.05, 0.1) is 0 Å². The Bertz CT molecular complexity index is 337. The Morgan fingerprint density at radius 3 is 1.96 bits per heavy atom. The van der Waals surface area contributed by atoms with Crippen LogP contribution in [0.15, 0.2) is 0 Å². The second-order valence-corrected chi connectivity index (χ2v) is 8.77. The van der Waals surface area contributed by atoms with Gasteiger partial charge in [-0.25, -0.2) is 0 Å². The van der Waals surface area contributed by atoms with E-state index in [4.69, 9.17) is 32.2 Å². The van der Waals surface area contributed by atoms with Crippen molar-refractivity contribution in [3.05, 3.63) is 0 Å². The molecule has 1 aliphatic heterocycles. The summed E-state index contributed by atoms with van der Waals surface area (Å²) in [4.78, 5) is 0. The predicted octanol–water partition coefficient (Wildman–Crippen LogP) is 3.19. The maximum Gasteiger partial charge on any atom is 0.530 e. The lowest BCUT2D eigenvalue weighted by molar-refractivity contribution is -0.559. The highest BCUT2D eigenvalue weighted by Crippen LogP contribution is 2.37. The van der Waals surface area contributed by atoms with Gasteiger partial charge >= 0.3 is 8.80 Å². The average molecular weight is 367 g/mol. The summed E-state index contributed by atoms with van der Waals surface area (Å²) in [5, 5.41) is 0. The first-order valence-corrected chi connectivity index (χ1v) is 10.6. The van der Waals surface area contributed by atoms with Gasteiger partial charge in [-0.3, -0.25) is 14.2 Å². The van der Waals surface area contributed by atoms with E-state index >= 15 is 0 Å². The first-order chi connectivity index (χ1) is 11.5. The zero-order valence-electron chi connectivity index (χ0n) is 16.1. The monoisotopic (exact) mass is 366 g/mol. The van der Waals surface area contributed by atoms with E-state index in [-0.39, 0.29) is 12.0 Å². The van der Waals surface area contributed by atoms with E-state index in [2.05, 4.69) is 6.92 Å². The molecule has 0 spiro atoms. The Morgan fingerprint density at radius 1 is 1.00 bits per heavy atom. The van der Waals surface area contributed by atoms with Crippen LogP contribution >= 0.6 is 0 Å². The molecule has 144 valence electrons. The first-order valence-electron chi connectivity index (χ1n) is 8.82.